The molecule has 170 valence electrons. The van der Waals surface area contributed by atoms with Gasteiger partial charge in [0.1, 0.15) is 5.82 Å². The molecule has 0 saturated carbocycles. The maximum atomic E-state index is 14.9. The zero-order valence-electron chi connectivity index (χ0n) is 19.0. The standard InChI is InChI=1S/C26H31FN4O.H2/c1-29(2)22-15-16-31(18-22)25-13-11-21(17-23(25)27)30(3)26(32)14-10-20-9-12-24(28-20)19-7-5-4-6-8-19;/h4-9,11-13,17,22,28H,10,14-16,18H2,1-3H3;1H. The minimum Gasteiger partial charge on any atom is -0.368 e. The molecule has 1 aromatic heterocycles. The summed E-state index contributed by atoms with van der Waals surface area (Å²) in [6, 6.07) is 19.7. The monoisotopic (exact) mass is 436 g/mol. The topological polar surface area (TPSA) is 42.6 Å². The number of aromatic nitrogens is 1. The van der Waals surface area contributed by atoms with Crippen LogP contribution in [-0.2, 0) is 11.2 Å². The van der Waals surface area contributed by atoms with Gasteiger partial charge >= 0.3 is 0 Å². The molecule has 1 aliphatic heterocycles. The van der Waals surface area contributed by atoms with Crippen LogP contribution in [0.2, 0.25) is 0 Å². The van der Waals surface area contributed by atoms with Gasteiger partial charge in [-0.3, -0.25) is 4.79 Å². The second kappa shape index (κ2) is 9.57. The summed E-state index contributed by atoms with van der Waals surface area (Å²) in [6.45, 7) is 1.66. The van der Waals surface area contributed by atoms with E-state index in [0.29, 0.717) is 30.3 Å². The summed E-state index contributed by atoms with van der Waals surface area (Å²) in [5, 5.41) is 0. The molecule has 2 heterocycles. The minimum atomic E-state index is -0.279. The number of aryl methyl sites for hydroxylation is 1. The number of aromatic amines is 1. The number of nitrogens with one attached hydrogen (secondary N) is 1. The summed E-state index contributed by atoms with van der Waals surface area (Å²) in [7, 11) is 5.83. The van der Waals surface area contributed by atoms with Crippen molar-refractivity contribution in [2.24, 2.45) is 0 Å². The highest BCUT2D eigenvalue weighted by Gasteiger charge is 2.26. The molecule has 2 aromatic carbocycles. The van der Waals surface area contributed by atoms with E-state index in [4.69, 9.17) is 0 Å². The normalized spacial score (nSPS) is 16.0. The van der Waals surface area contributed by atoms with Crippen LogP contribution in [0.1, 0.15) is 20.0 Å². The van der Waals surface area contributed by atoms with Gasteiger partial charge in [-0.05, 0) is 62.8 Å². The van der Waals surface area contributed by atoms with Gasteiger partial charge < -0.3 is 19.7 Å². The predicted molar refractivity (Wildman–Crippen MR) is 131 cm³/mol. The number of rotatable bonds is 7. The Kier molecular flexibility index (Phi) is 6.61. The zero-order valence-corrected chi connectivity index (χ0v) is 19.0. The number of hydrogen-bond acceptors (Lipinski definition) is 3. The lowest BCUT2D eigenvalue weighted by Gasteiger charge is -2.23. The van der Waals surface area contributed by atoms with Crippen molar-refractivity contribution in [1.29, 1.82) is 0 Å². The molecule has 0 radical (unpaired) electrons. The largest absolute Gasteiger partial charge is 0.368 e. The lowest BCUT2D eigenvalue weighted by Crippen LogP contribution is -2.31. The van der Waals surface area contributed by atoms with E-state index in [9.17, 15) is 9.18 Å². The Bertz CT molecular complexity index is 1070. The van der Waals surface area contributed by atoms with Crippen molar-refractivity contribution in [3.05, 3.63) is 72.2 Å². The van der Waals surface area contributed by atoms with Gasteiger partial charge in [-0.15, -0.1) is 0 Å². The Morgan fingerprint density at radius 2 is 1.91 bits per heavy atom. The van der Waals surface area contributed by atoms with Crippen molar-refractivity contribution in [2.45, 2.75) is 25.3 Å². The molecule has 6 heteroatoms. The first kappa shape index (κ1) is 22.1. The third kappa shape index (κ3) is 4.86. The predicted octanol–water partition coefficient (Wildman–Crippen LogP) is 4.80. The maximum absolute atomic E-state index is 14.9. The number of hydrogen-bond donors (Lipinski definition) is 1. The number of nitrogens with zero attached hydrogens (tertiary/aromatic N) is 3. The quantitative estimate of drug-likeness (QED) is 0.578. The fourth-order valence-electron chi connectivity index (χ4n) is 4.27. The highest BCUT2D eigenvalue weighted by molar-refractivity contribution is 5.93. The molecule has 0 bridgehead atoms. The van der Waals surface area contributed by atoms with E-state index in [1.807, 2.05) is 36.4 Å². The molecule has 1 fully saturated rings. The van der Waals surface area contributed by atoms with Gasteiger partial charge in [0, 0.05) is 51.1 Å². The second-order valence-electron chi connectivity index (χ2n) is 8.70. The van der Waals surface area contributed by atoms with Gasteiger partial charge in [-0.25, -0.2) is 4.39 Å². The molecule has 1 aliphatic rings. The van der Waals surface area contributed by atoms with E-state index in [0.717, 1.165) is 36.5 Å². The van der Waals surface area contributed by atoms with Gasteiger partial charge in [0.05, 0.1) is 5.69 Å². The first-order chi connectivity index (χ1) is 15.4. The highest BCUT2D eigenvalue weighted by atomic mass is 19.1. The molecule has 1 unspecified atom stereocenters. The van der Waals surface area contributed by atoms with Gasteiger partial charge in [-0.2, -0.15) is 0 Å². The number of benzene rings is 2. The summed E-state index contributed by atoms with van der Waals surface area (Å²) in [5.74, 6) is -0.319. The molecule has 1 amide bonds. The van der Waals surface area contributed by atoms with Crippen LogP contribution in [-0.4, -0.2) is 56.1 Å². The summed E-state index contributed by atoms with van der Waals surface area (Å²) in [6.07, 6.45) is 1.98. The molecule has 4 rings (SSSR count). The van der Waals surface area contributed by atoms with Crippen LogP contribution < -0.4 is 9.80 Å². The van der Waals surface area contributed by atoms with Crippen LogP contribution in [0, 0.1) is 5.82 Å². The van der Waals surface area contributed by atoms with Crippen molar-refractivity contribution >= 4 is 17.3 Å². The SMILES string of the molecule is CN(C(=O)CCc1ccc(-c2ccccc2)[nH]1)c1ccc(N2CCC(N(C)C)C2)c(F)c1.[HH]. The Balaban J connectivity index is 0.00000306. The Hall–Kier alpha value is -3.12. The number of carbonyl (C=O) groups excluding carboxylic acids is 1. The van der Waals surface area contributed by atoms with Crippen molar-refractivity contribution < 1.29 is 10.6 Å². The lowest BCUT2D eigenvalue weighted by molar-refractivity contribution is -0.118. The van der Waals surface area contributed by atoms with Crippen molar-refractivity contribution in [2.75, 3.05) is 44.0 Å². The van der Waals surface area contributed by atoms with Gasteiger partial charge in [0.25, 0.3) is 0 Å². The highest BCUT2D eigenvalue weighted by Crippen LogP contribution is 2.28. The van der Waals surface area contributed by atoms with E-state index < -0.39 is 0 Å². The number of H-pyrrole nitrogens is 1. The van der Waals surface area contributed by atoms with E-state index in [-0.39, 0.29) is 13.2 Å². The molecule has 32 heavy (non-hydrogen) atoms. The van der Waals surface area contributed by atoms with Gasteiger partial charge in [0.15, 0.2) is 0 Å². The van der Waals surface area contributed by atoms with Gasteiger partial charge in [0.2, 0.25) is 5.91 Å². The maximum Gasteiger partial charge on any atom is 0.227 e. The van der Waals surface area contributed by atoms with Crippen LogP contribution in [0.4, 0.5) is 15.8 Å². The average molecular weight is 437 g/mol. The van der Waals surface area contributed by atoms with E-state index in [1.54, 1.807) is 18.0 Å². The zero-order chi connectivity index (χ0) is 22.7. The Morgan fingerprint density at radius 3 is 2.59 bits per heavy atom. The summed E-state index contributed by atoms with van der Waals surface area (Å²) in [4.78, 5) is 21.9. The summed E-state index contributed by atoms with van der Waals surface area (Å²) < 4.78 is 14.9. The molecular weight excluding hydrogens is 403 g/mol. The molecular formula is C26H33FN4O. The van der Waals surface area contributed by atoms with Gasteiger partial charge in [-0.1, -0.05) is 30.3 Å². The van der Waals surface area contributed by atoms with Crippen LogP contribution >= 0.6 is 0 Å². The van der Waals surface area contributed by atoms with E-state index >= 15 is 0 Å². The number of anilines is 2. The fourth-order valence-corrected chi connectivity index (χ4v) is 4.27. The molecule has 1 saturated heterocycles. The number of halogens is 1. The Labute approximate surface area is 190 Å². The third-order valence-electron chi connectivity index (χ3n) is 6.37. The number of likely N-dealkylation sites (N-methyl/N-ethyl adjacent to an activating group) is 1. The summed E-state index contributed by atoms with van der Waals surface area (Å²) >= 11 is 0. The van der Waals surface area contributed by atoms with Crippen molar-refractivity contribution in [1.82, 2.24) is 9.88 Å². The average Bonchev–Trinajstić information content (AvgIpc) is 3.48. The van der Waals surface area contributed by atoms with Crippen LogP contribution in [0.15, 0.2) is 60.7 Å². The first-order valence-corrected chi connectivity index (χ1v) is 11.1. The molecule has 1 atom stereocenters. The minimum absolute atomic E-state index is 0. The summed E-state index contributed by atoms with van der Waals surface area (Å²) in [5.41, 5.74) is 4.36. The molecule has 0 aliphatic carbocycles. The number of amides is 1. The van der Waals surface area contributed by atoms with Crippen molar-refractivity contribution in [3.8, 4) is 11.3 Å². The molecule has 5 nitrogen and oxygen atoms in total. The molecule has 3 aromatic rings. The number of carbonyl (C=O) groups is 1. The van der Waals surface area contributed by atoms with Crippen LogP contribution in [0.5, 0.6) is 0 Å². The Morgan fingerprint density at radius 1 is 1.12 bits per heavy atom. The fraction of sp³-hybridized carbons (Fsp3) is 0.346. The van der Waals surface area contributed by atoms with E-state index in [2.05, 4.69) is 41.0 Å². The molecule has 1 N–H and O–H groups in total. The van der Waals surface area contributed by atoms with E-state index in [1.165, 1.54) is 6.07 Å². The third-order valence-corrected chi connectivity index (χ3v) is 6.37. The van der Waals surface area contributed by atoms with Crippen molar-refractivity contribution in [3.63, 3.8) is 0 Å². The molecule has 0 spiro atoms. The first-order valence-electron chi connectivity index (χ1n) is 11.1. The smallest absolute Gasteiger partial charge is 0.227 e. The van der Waals surface area contributed by atoms with Crippen LogP contribution in [0.3, 0.4) is 0 Å². The van der Waals surface area contributed by atoms with Crippen LogP contribution in [0.25, 0.3) is 11.3 Å². The second-order valence-corrected chi connectivity index (χ2v) is 8.70. The lowest BCUT2D eigenvalue weighted by atomic mass is 10.2.